The summed E-state index contributed by atoms with van der Waals surface area (Å²) in [5, 5.41) is 0. The predicted molar refractivity (Wildman–Crippen MR) is 120 cm³/mol. The van der Waals surface area contributed by atoms with Crippen LogP contribution in [-0.2, 0) is 17.9 Å². The molecule has 3 heteroatoms. The number of hydrogen-bond donors (Lipinski definition) is 0. The van der Waals surface area contributed by atoms with Crippen molar-refractivity contribution in [1.29, 1.82) is 0 Å². The van der Waals surface area contributed by atoms with Crippen LogP contribution >= 0.6 is 0 Å². The van der Waals surface area contributed by atoms with E-state index in [1.165, 1.54) is 11.3 Å². The summed E-state index contributed by atoms with van der Waals surface area (Å²) in [6.45, 7) is 7.86. The van der Waals surface area contributed by atoms with Crippen LogP contribution < -0.4 is 0 Å². The van der Waals surface area contributed by atoms with E-state index < -0.39 is 0 Å². The van der Waals surface area contributed by atoms with Crippen LogP contribution in [0.1, 0.15) is 56.4 Å². The first-order valence-corrected chi connectivity index (χ1v) is 10.7. The van der Waals surface area contributed by atoms with Gasteiger partial charge in [-0.1, -0.05) is 74.5 Å². The third-order valence-corrected chi connectivity index (χ3v) is 5.77. The Hall–Kier alpha value is -2.81. The van der Waals surface area contributed by atoms with Crippen molar-refractivity contribution in [2.24, 2.45) is 0 Å². The van der Waals surface area contributed by atoms with E-state index in [9.17, 15) is 4.79 Å². The number of rotatable bonds is 9. The normalized spacial score (nSPS) is 13.1. The van der Waals surface area contributed by atoms with Crippen molar-refractivity contribution in [2.45, 2.75) is 58.7 Å². The summed E-state index contributed by atoms with van der Waals surface area (Å²) in [6, 6.07) is 25.0. The summed E-state index contributed by atoms with van der Waals surface area (Å²) in [5.41, 5.74) is 3.54. The molecule has 2 unspecified atom stereocenters. The maximum absolute atomic E-state index is 13.6. The molecule has 0 aliphatic rings. The van der Waals surface area contributed by atoms with Gasteiger partial charge >= 0.3 is 0 Å². The highest BCUT2D eigenvalue weighted by molar-refractivity contribution is 5.84. The topological polar surface area (TPSA) is 25.2 Å². The summed E-state index contributed by atoms with van der Waals surface area (Å²) >= 11 is 0. The zero-order valence-electron chi connectivity index (χ0n) is 17.8. The highest BCUT2D eigenvalue weighted by Crippen LogP contribution is 2.25. The fourth-order valence-electron chi connectivity index (χ4n) is 3.81. The van der Waals surface area contributed by atoms with Crippen LogP contribution in [0.15, 0.2) is 79.0 Å². The highest BCUT2D eigenvalue weighted by atomic mass is 16.2. The Morgan fingerprint density at radius 1 is 0.897 bits per heavy atom. The standard InChI is InChI=1S/C26H32N2O/c1-4-21(3)28(26(29)25(5-2)23-15-10-7-11-16-23)20-24-17-12-18-27(24)19-22-13-8-6-9-14-22/h6-18,21,25H,4-5,19-20H2,1-3H3. The van der Waals surface area contributed by atoms with Crippen LogP contribution in [0.25, 0.3) is 0 Å². The van der Waals surface area contributed by atoms with E-state index in [1.54, 1.807) is 0 Å². The van der Waals surface area contributed by atoms with Gasteiger partial charge in [-0.2, -0.15) is 0 Å². The summed E-state index contributed by atoms with van der Waals surface area (Å²) in [6.07, 6.45) is 3.85. The maximum atomic E-state index is 13.6. The minimum Gasteiger partial charge on any atom is -0.345 e. The van der Waals surface area contributed by atoms with Crippen molar-refractivity contribution in [2.75, 3.05) is 0 Å². The van der Waals surface area contributed by atoms with Crippen molar-refractivity contribution in [1.82, 2.24) is 9.47 Å². The maximum Gasteiger partial charge on any atom is 0.230 e. The molecule has 29 heavy (non-hydrogen) atoms. The Labute approximate surface area is 175 Å². The van der Waals surface area contributed by atoms with Gasteiger partial charge in [-0.25, -0.2) is 0 Å². The van der Waals surface area contributed by atoms with E-state index in [4.69, 9.17) is 0 Å². The minimum absolute atomic E-state index is 0.0947. The van der Waals surface area contributed by atoms with Crippen molar-refractivity contribution in [3.63, 3.8) is 0 Å². The van der Waals surface area contributed by atoms with Gasteiger partial charge in [-0.15, -0.1) is 0 Å². The average Bonchev–Trinajstić information content (AvgIpc) is 3.20. The molecule has 0 fully saturated rings. The fourth-order valence-corrected chi connectivity index (χ4v) is 3.81. The third kappa shape index (κ3) is 5.17. The van der Waals surface area contributed by atoms with Gasteiger partial charge in [0, 0.05) is 24.5 Å². The minimum atomic E-state index is -0.0947. The van der Waals surface area contributed by atoms with Crippen LogP contribution in [0.4, 0.5) is 0 Å². The molecule has 3 nitrogen and oxygen atoms in total. The lowest BCUT2D eigenvalue weighted by Gasteiger charge is -2.32. The molecule has 3 aromatic rings. The second kappa shape index (κ2) is 10.1. The van der Waals surface area contributed by atoms with Crippen LogP contribution in [0, 0.1) is 0 Å². The van der Waals surface area contributed by atoms with Gasteiger partial charge in [0.15, 0.2) is 0 Å². The Morgan fingerprint density at radius 3 is 2.17 bits per heavy atom. The molecule has 2 aromatic carbocycles. The molecule has 0 N–H and O–H groups in total. The van der Waals surface area contributed by atoms with Gasteiger partial charge in [-0.3, -0.25) is 4.79 Å². The molecular formula is C26H32N2O. The molecule has 0 saturated carbocycles. The zero-order chi connectivity index (χ0) is 20.6. The van der Waals surface area contributed by atoms with E-state index in [2.05, 4.69) is 85.0 Å². The molecule has 0 bridgehead atoms. The lowest BCUT2D eigenvalue weighted by molar-refractivity contribution is -0.135. The first-order valence-electron chi connectivity index (χ1n) is 10.7. The van der Waals surface area contributed by atoms with Crippen molar-refractivity contribution < 1.29 is 4.79 Å². The SMILES string of the molecule is CCC(C(=O)N(Cc1cccn1Cc1ccccc1)C(C)CC)c1ccccc1. The molecular weight excluding hydrogens is 356 g/mol. The van der Waals surface area contributed by atoms with Gasteiger partial charge in [0.05, 0.1) is 12.5 Å². The number of amides is 1. The van der Waals surface area contributed by atoms with E-state index in [0.717, 1.165) is 24.9 Å². The highest BCUT2D eigenvalue weighted by Gasteiger charge is 2.27. The number of nitrogens with zero attached hydrogens (tertiary/aromatic N) is 2. The number of benzene rings is 2. The third-order valence-electron chi connectivity index (χ3n) is 5.77. The van der Waals surface area contributed by atoms with Crippen molar-refractivity contribution in [3.05, 3.63) is 95.8 Å². The number of carbonyl (C=O) groups is 1. The van der Waals surface area contributed by atoms with Crippen LogP contribution in [-0.4, -0.2) is 21.4 Å². The number of aromatic nitrogens is 1. The largest absolute Gasteiger partial charge is 0.345 e. The van der Waals surface area contributed by atoms with E-state index in [-0.39, 0.29) is 17.9 Å². The van der Waals surface area contributed by atoms with Gasteiger partial charge in [-0.05, 0) is 43.0 Å². The molecule has 0 aliphatic heterocycles. The Kier molecular flexibility index (Phi) is 7.29. The van der Waals surface area contributed by atoms with Gasteiger partial charge in [0.2, 0.25) is 5.91 Å². The molecule has 0 aliphatic carbocycles. The molecule has 0 spiro atoms. The van der Waals surface area contributed by atoms with E-state index in [0.29, 0.717) is 6.54 Å². The first kappa shape index (κ1) is 20.9. The quantitative estimate of drug-likeness (QED) is 0.451. The average molecular weight is 389 g/mol. The van der Waals surface area contributed by atoms with Gasteiger partial charge in [0.1, 0.15) is 0 Å². The molecule has 1 heterocycles. The second-order valence-electron chi connectivity index (χ2n) is 7.71. The summed E-state index contributed by atoms with van der Waals surface area (Å²) in [7, 11) is 0. The monoisotopic (exact) mass is 388 g/mol. The van der Waals surface area contributed by atoms with E-state index >= 15 is 0 Å². The molecule has 152 valence electrons. The molecule has 1 amide bonds. The molecule has 0 radical (unpaired) electrons. The fraction of sp³-hybridized carbons (Fsp3) is 0.346. The second-order valence-corrected chi connectivity index (χ2v) is 7.71. The Balaban J connectivity index is 1.83. The smallest absolute Gasteiger partial charge is 0.230 e. The zero-order valence-corrected chi connectivity index (χ0v) is 17.8. The number of hydrogen-bond acceptors (Lipinski definition) is 1. The predicted octanol–water partition coefficient (Wildman–Crippen LogP) is 5.86. The van der Waals surface area contributed by atoms with Crippen LogP contribution in [0.5, 0.6) is 0 Å². The lowest BCUT2D eigenvalue weighted by atomic mass is 9.94. The van der Waals surface area contributed by atoms with Crippen molar-refractivity contribution >= 4 is 5.91 Å². The molecule has 3 rings (SSSR count). The van der Waals surface area contributed by atoms with Crippen molar-refractivity contribution in [3.8, 4) is 0 Å². The molecule has 0 saturated heterocycles. The van der Waals surface area contributed by atoms with Crippen LogP contribution in [0.3, 0.4) is 0 Å². The molecule has 2 atom stereocenters. The van der Waals surface area contributed by atoms with Crippen LogP contribution in [0.2, 0.25) is 0 Å². The summed E-state index contributed by atoms with van der Waals surface area (Å²) in [4.78, 5) is 15.7. The van der Waals surface area contributed by atoms with Gasteiger partial charge in [0.25, 0.3) is 0 Å². The number of carbonyl (C=O) groups excluding carboxylic acids is 1. The summed E-state index contributed by atoms with van der Waals surface area (Å²) in [5.74, 6) is 0.128. The van der Waals surface area contributed by atoms with Gasteiger partial charge < -0.3 is 9.47 Å². The summed E-state index contributed by atoms with van der Waals surface area (Å²) < 4.78 is 2.25. The lowest BCUT2D eigenvalue weighted by Crippen LogP contribution is -2.41. The van der Waals surface area contributed by atoms with E-state index in [1.807, 2.05) is 24.3 Å². The Morgan fingerprint density at radius 2 is 1.55 bits per heavy atom. The Bertz CT molecular complexity index is 885. The molecule has 1 aromatic heterocycles. The first-order chi connectivity index (χ1) is 14.1.